The van der Waals surface area contributed by atoms with Crippen LogP contribution in [0.5, 0.6) is 0 Å². The van der Waals surface area contributed by atoms with Gasteiger partial charge in [0.25, 0.3) is 0 Å². The molecule has 2 heterocycles. The molecule has 0 aliphatic carbocycles. The van der Waals surface area contributed by atoms with Crippen LogP contribution >= 0.6 is 12.2 Å². The number of aromatic nitrogens is 1. The molecule has 1 amide bonds. The van der Waals surface area contributed by atoms with Crippen LogP contribution < -0.4 is 10.6 Å². The second kappa shape index (κ2) is 11.0. The van der Waals surface area contributed by atoms with E-state index in [0.717, 1.165) is 35.2 Å². The van der Waals surface area contributed by atoms with Crippen molar-refractivity contribution in [1.82, 2.24) is 20.1 Å². The third-order valence-electron chi connectivity index (χ3n) is 5.73. The number of anilines is 1. The van der Waals surface area contributed by atoms with Gasteiger partial charge in [-0.05, 0) is 68.8 Å². The maximum Gasteiger partial charge on any atom is 0.245 e. The van der Waals surface area contributed by atoms with Crippen molar-refractivity contribution >= 4 is 45.9 Å². The van der Waals surface area contributed by atoms with E-state index in [-0.39, 0.29) is 12.1 Å². The molecule has 6 nitrogen and oxygen atoms in total. The zero-order chi connectivity index (χ0) is 23.0. The van der Waals surface area contributed by atoms with Crippen LogP contribution in [0.25, 0.3) is 17.0 Å². The number of benzene rings is 2. The molecular weight excluding hydrogens is 430 g/mol. The van der Waals surface area contributed by atoms with Gasteiger partial charge in [-0.1, -0.05) is 48.5 Å². The van der Waals surface area contributed by atoms with Crippen LogP contribution in [0.4, 0.5) is 5.69 Å². The second-order valence-corrected chi connectivity index (χ2v) is 8.56. The summed E-state index contributed by atoms with van der Waals surface area (Å²) in [6.45, 7) is 4.67. The lowest BCUT2D eigenvalue weighted by molar-refractivity contribution is -0.117. The Kier molecular flexibility index (Phi) is 7.65. The van der Waals surface area contributed by atoms with Crippen LogP contribution in [0.15, 0.2) is 72.9 Å². The number of para-hydroxylation sites is 1. The zero-order valence-electron chi connectivity index (χ0n) is 18.8. The number of nitrogens with zero attached hydrogens (tertiary/aromatic N) is 3. The van der Waals surface area contributed by atoms with E-state index in [9.17, 15) is 4.79 Å². The summed E-state index contributed by atoms with van der Waals surface area (Å²) in [7, 11) is 0. The molecule has 1 fully saturated rings. The van der Waals surface area contributed by atoms with E-state index >= 15 is 0 Å². The minimum Gasteiger partial charge on any atom is -0.332 e. The van der Waals surface area contributed by atoms with Crippen LogP contribution in [0, 0.1) is 0 Å². The number of rotatable bonds is 7. The van der Waals surface area contributed by atoms with Gasteiger partial charge in [-0.15, -0.1) is 0 Å². The molecule has 2 N–H and O–H groups in total. The number of likely N-dealkylation sites (tertiary alicyclic amines) is 1. The Morgan fingerprint density at radius 2 is 1.88 bits per heavy atom. The Hall–Kier alpha value is -3.29. The Bertz CT molecular complexity index is 1120. The normalized spacial score (nSPS) is 14.9. The summed E-state index contributed by atoms with van der Waals surface area (Å²) in [6, 6.07) is 19.7. The molecule has 3 aromatic rings. The lowest BCUT2D eigenvalue weighted by atomic mass is 10.2. The van der Waals surface area contributed by atoms with Gasteiger partial charge in [0.05, 0.1) is 17.9 Å². The van der Waals surface area contributed by atoms with Crippen LogP contribution in [0.3, 0.4) is 0 Å². The standard InChI is InChI=1S/C26H29N5OS/c1-20(28-24(32)15-14-21-9-3-2-4-10-21)31(19-30-17-5-6-18-30)26(33)29-23-13-7-11-22-12-8-16-27-25(22)23/h2-4,7-16,20H,5-6,17-19H2,1H3,(H,28,32)(H,29,33)/b15-14+. The Morgan fingerprint density at radius 3 is 2.67 bits per heavy atom. The molecule has 7 heteroatoms. The number of hydrogen-bond acceptors (Lipinski definition) is 4. The maximum absolute atomic E-state index is 12.6. The predicted molar refractivity (Wildman–Crippen MR) is 139 cm³/mol. The molecule has 1 aromatic heterocycles. The van der Waals surface area contributed by atoms with Gasteiger partial charge in [-0.25, -0.2) is 0 Å². The van der Waals surface area contributed by atoms with E-state index in [4.69, 9.17) is 12.2 Å². The number of hydrogen-bond donors (Lipinski definition) is 2. The summed E-state index contributed by atoms with van der Waals surface area (Å²) in [4.78, 5) is 21.5. The SMILES string of the molecule is CC(NC(=O)/C=C/c1ccccc1)N(CN1CCCC1)C(=S)Nc1cccc2cccnc12. The highest BCUT2D eigenvalue weighted by atomic mass is 32.1. The van der Waals surface area contributed by atoms with Crippen molar-refractivity contribution in [3.8, 4) is 0 Å². The predicted octanol–water partition coefficient (Wildman–Crippen LogP) is 4.46. The zero-order valence-corrected chi connectivity index (χ0v) is 19.6. The molecule has 0 bridgehead atoms. The first-order valence-electron chi connectivity index (χ1n) is 11.3. The fourth-order valence-corrected chi connectivity index (χ4v) is 4.29. The third-order valence-corrected chi connectivity index (χ3v) is 6.07. The molecule has 1 atom stereocenters. The minimum absolute atomic E-state index is 0.160. The Labute approximate surface area is 200 Å². The van der Waals surface area contributed by atoms with Crippen molar-refractivity contribution in [2.45, 2.75) is 25.9 Å². The number of carbonyl (C=O) groups is 1. The molecule has 1 aliphatic rings. The lowest BCUT2D eigenvalue weighted by Gasteiger charge is -2.35. The number of thiocarbonyl (C=S) groups is 1. The molecule has 0 radical (unpaired) electrons. The van der Waals surface area contributed by atoms with Crippen molar-refractivity contribution in [1.29, 1.82) is 0 Å². The van der Waals surface area contributed by atoms with Gasteiger partial charge in [-0.2, -0.15) is 0 Å². The highest BCUT2D eigenvalue weighted by Gasteiger charge is 2.23. The summed E-state index contributed by atoms with van der Waals surface area (Å²) >= 11 is 5.82. The second-order valence-electron chi connectivity index (χ2n) is 8.18. The van der Waals surface area contributed by atoms with Crippen molar-refractivity contribution in [2.24, 2.45) is 0 Å². The van der Waals surface area contributed by atoms with Crippen molar-refractivity contribution < 1.29 is 4.79 Å². The molecule has 1 aliphatic heterocycles. The topological polar surface area (TPSA) is 60.5 Å². The molecule has 170 valence electrons. The lowest BCUT2D eigenvalue weighted by Crippen LogP contribution is -2.53. The average Bonchev–Trinajstić information content (AvgIpc) is 3.35. The molecule has 1 unspecified atom stereocenters. The summed E-state index contributed by atoms with van der Waals surface area (Å²) < 4.78 is 0. The summed E-state index contributed by atoms with van der Waals surface area (Å²) in [5, 5.41) is 8.03. The Balaban J connectivity index is 1.48. The van der Waals surface area contributed by atoms with E-state index in [0.29, 0.717) is 11.8 Å². The van der Waals surface area contributed by atoms with Gasteiger partial charge in [0.2, 0.25) is 5.91 Å². The van der Waals surface area contributed by atoms with Crippen LogP contribution in [0.1, 0.15) is 25.3 Å². The van der Waals surface area contributed by atoms with Crippen LogP contribution in [-0.2, 0) is 4.79 Å². The molecule has 1 saturated heterocycles. The van der Waals surface area contributed by atoms with Crippen LogP contribution in [0.2, 0.25) is 0 Å². The maximum atomic E-state index is 12.6. The average molecular weight is 460 g/mol. The van der Waals surface area contributed by atoms with Gasteiger partial charge >= 0.3 is 0 Å². The largest absolute Gasteiger partial charge is 0.332 e. The number of fused-ring (bicyclic) bond motifs is 1. The van der Waals surface area contributed by atoms with E-state index in [1.807, 2.05) is 78.6 Å². The first-order chi connectivity index (χ1) is 16.1. The summed E-state index contributed by atoms with van der Waals surface area (Å²) in [5.41, 5.74) is 2.70. The fraction of sp³-hybridized carbons (Fsp3) is 0.269. The smallest absolute Gasteiger partial charge is 0.245 e. The minimum atomic E-state index is -0.290. The molecule has 2 aromatic carbocycles. The molecule has 0 spiro atoms. The van der Waals surface area contributed by atoms with Gasteiger partial charge in [0, 0.05) is 17.7 Å². The van der Waals surface area contributed by atoms with Gasteiger partial charge in [0.15, 0.2) is 5.11 Å². The molecule has 0 saturated carbocycles. The van der Waals surface area contributed by atoms with Crippen molar-refractivity contribution in [3.05, 3.63) is 78.5 Å². The number of pyridine rings is 1. The summed E-state index contributed by atoms with van der Waals surface area (Å²) in [6.07, 6.45) is 7.22. The van der Waals surface area contributed by atoms with Gasteiger partial charge in [-0.3, -0.25) is 14.7 Å². The first kappa shape index (κ1) is 22.9. The van der Waals surface area contributed by atoms with E-state index in [2.05, 4.69) is 20.5 Å². The number of amides is 1. The molecule has 4 rings (SSSR count). The molecule has 33 heavy (non-hydrogen) atoms. The van der Waals surface area contributed by atoms with E-state index < -0.39 is 0 Å². The number of nitrogens with one attached hydrogen (secondary N) is 2. The summed E-state index contributed by atoms with van der Waals surface area (Å²) in [5.74, 6) is -0.160. The first-order valence-corrected chi connectivity index (χ1v) is 11.7. The molecular formula is C26H29N5OS. The van der Waals surface area contributed by atoms with Crippen LogP contribution in [-0.4, -0.2) is 51.7 Å². The third kappa shape index (κ3) is 6.15. The highest BCUT2D eigenvalue weighted by Crippen LogP contribution is 2.21. The Morgan fingerprint density at radius 1 is 1.12 bits per heavy atom. The number of carbonyl (C=O) groups excluding carboxylic acids is 1. The van der Waals surface area contributed by atoms with Crippen molar-refractivity contribution in [3.63, 3.8) is 0 Å². The van der Waals surface area contributed by atoms with Gasteiger partial charge in [0.1, 0.15) is 6.17 Å². The fourth-order valence-electron chi connectivity index (χ4n) is 3.96. The van der Waals surface area contributed by atoms with Gasteiger partial charge < -0.3 is 15.5 Å². The quantitative estimate of drug-likeness (QED) is 0.309. The highest BCUT2D eigenvalue weighted by molar-refractivity contribution is 7.80. The van der Waals surface area contributed by atoms with E-state index in [1.165, 1.54) is 12.8 Å². The van der Waals surface area contributed by atoms with Crippen molar-refractivity contribution in [2.75, 3.05) is 25.1 Å². The van der Waals surface area contributed by atoms with E-state index in [1.54, 1.807) is 12.3 Å². The monoisotopic (exact) mass is 459 g/mol.